The first kappa shape index (κ1) is 55.6. The number of rotatable bonds is 40. The predicted octanol–water partition coefficient (Wildman–Crippen LogP) is 4.10. The van der Waals surface area contributed by atoms with E-state index in [1.165, 1.54) is 78.0 Å². The minimum absolute atomic E-state index is 0.0298. The van der Waals surface area contributed by atoms with Gasteiger partial charge in [0, 0.05) is 50.7 Å². The zero-order valence-corrected chi connectivity index (χ0v) is 37.6. The van der Waals surface area contributed by atoms with Crippen molar-refractivity contribution in [3.8, 4) is 0 Å². The highest BCUT2D eigenvalue weighted by Gasteiger charge is 2.34. The maximum absolute atomic E-state index is 13.0. The van der Waals surface area contributed by atoms with E-state index >= 15 is 0 Å². The Bertz CT molecular complexity index is 1440. The first-order valence-electron chi connectivity index (χ1n) is 22.7. The van der Waals surface area contributed by atoms with Gasteiger partial charge in [-0.05, 0) is 39.5 Å². The van der Waals surface area contributed by atoms with Crippen molar-refractivity contribution >= 4 is 41.4 Å². The van der Waals surface area contributed by atoms with Gasteiger partial charge in [-0.15, -0.1) is 0 Å². The smallest absolute Gasteiger partial charge is 0.326 e. The maximum Gasteiger partial charge on any atom is 0.326 e. The number of ether oxygens (including phenoxy) is 2. The van der Waals surface area contributed by atoms with Crippen LogP contribution in [0.4, 0.5) is 0 Å². The molecule has 4 amide bonds. The number of unbranched alkanes of at least 4 members (excludes halogenated alkanes) is 13. The number of carboxylic acid groups (broad SMARTS) is 2. The van der Waals surface area contributed by atoms with Gasteiger partial charge in [0.1, 0.15) is 12.6 Å². The third-order valence-electron chi connectivity index (χ3n) is 10.5. The summed E-state index contributed by atoms with van der Waals surface area (Å²) in [4.78, 5) is 92.5. The lowest BCUT2D eigenvalue weighted by atomic mass is 9.88. The topological polar surface area (TPSA) is 281 Å². The molecule has 62 heavy (non-hydrogen) atoms. The molecule has 0 saturated heterocycles. The van der Waals surface area contributed by atoms with E-state index < -0.39 is 47.2 Å². The summed E-state index contributed by atoms with van der Waals surface area (Å²) in [7, 11) is 0. The van der Waals surface area contributed by atoms with Crippen LogP contribution in [0, 0.1) is 5.92 Å². The third-order valence-corrected chi connectivity index (χ3v) is 10.5. The molecule has 0 aliphatic heterocycles. The molecule has 1 heterocycles. The molecule has 18 heteroatoms. The van der Waals surface area contributed by atoms with Crippen LogP contribution in [-0.2, 0) is 49.5 Å². The predicted molar refractivity (Wildman–Crippen MR) is 234 cm³/mol. The number of carbonyl (C=O) groups excluding carboxylic acids is 5. The Morgan fingerprint density at radius 2 is 1.34 bits per heavy atom. The van der Waals surface area contributed by atoms with Crippen molar-refractivity contribution in [3.05, 3.63) is 18.2 Å². The lowest BCUT2D eigenvalue weighted by Gasteiger charge is -2.27. The minimum Gasteiger partial charge on any atom is -0.481 e. The molecule has 1 aromatic heterocycles. The lowest BCUT2D eigenvalue weighted by Crippen LogP contribution is -2.55. The number of H-pyrrole nitrogens is 1. The summed E-state index contributed by atoms with van der Waals surface area (Å²) in [6.07, 6.45) is 19.7. The number of aliphatic carboxylic acids is 2. The monoisotopic (exact) mass is 880 g/mol. The van der Waals surface area contributed by atoms with E-state index in [1.807, 2.05) is 0 Å². The summed E-state index contributed by atoms with van der Waals surface area (Å²) in [5.41, 5.74) is 5.30. The standard InChI is InChI=1S/C44H77N7O11/c1-4-5-6-7-8-9-10-11-12-13-14-15-16-20-39(54)50-36(43(59)60)21-22-38(53)48-24-25-61-26-27-62-31-40(55)47-23-18-17-19-33(42(57)58)28-37(52)44(2,3)51-41(56)35(45)29-34-30-46-32-49-34/h30,32-33,35-36H,4-29,31,45H2,1-3H3,(H,46,49)(H,47,55)(H,48,53)(H,50,54)(H,51,56)(H,57,58)(H,59,60)/t33-,35+,36+/m1/s1. The van der Waals surface area contributed by atoms with Crippen LogP contribution in [0.25, 0.3) is 0 Å². The van der Waals surface area contributed by atoms with Gasteiger partial charge in [0.05, 0.1) is 43.6 Å². The average molecular weight is 880 g/mol. The molecule has 9 N–H and O–H groups in total. The number of ketones is 1. The number of aromatic amines is 1. The normalized spacial score (nSPS) is 12.8. The number of amides is 4. The first-order valence-corrected chi connectivity index (χ1v) is 22.7. The molecule has 0 radical (unpaired) electrons. The number of nitrogens with one attached hydrogen (secondary N) is 5. The van der Waals surface area contributed by atoms with Gasteiger partial charge in [0.25, 0.3) is 0 Å². The quantitative estimate of drug-likeness (QED) is 0.0432. The third kappa shape index (κ3) is 28.2. The molecular formula is C44H77N7O11. The van der Waals surface area contributed by atoms with Crippen LogP contribution < -0.4 is 27.0 Å². The lowest BCUT2D eigenvalue weighted by molar-refractivity contribution is -0.145. The summed E-state index contributed by atoms with van der Waals surface area (Å²) in [6, 6.07) is -2.07. The van der Waals surface area contributed by atoms with Crippen LogP contribution in [0.2, 0.25) is 0 Å². The van der Waals surface area contributed by atoms with Crippen molar-refractivity contribution in [1.82, 2.24) is 31.2 Å². The van der Waals surface area contributed by atoms with Gasteiger partial charge in [-0.2, -0.15) is 0 Å². The molecule has 0 spiro atoms. The number of imidazole rings is 1. The number of Topliss-reactive ketones (excluding diaryl/α,β-unsaturated/α-hetero) is 1. The minimum atomic E-state index is -1.33. The van der Waals surface area contributed by atoms with Crippen molar-refractivity contribution in [2.75, 3.05) is 39.5 Å². The Kier molecular flexibility index (Phi) is 30.6. The second-order valence-corrected chi connectivity index (χ2v) is 16.5. The number of hydrogen-bond acceptors (Lipinski definition) is 11. The van der Waals surface area contributed by atoms with Crippen molar-refractivity contribution in [2.45, 2.75) is 173 Å². The summed E-state index contributed by atoms with van der Waals surface area (Å²) in [6.45, 7) is 5.98. The van der Waals surface area contributed by atoms with Gasteiger partial charge < -0.3 is 51.7 Å². The number of carboxylic acids is 2. The van der Waals surface area contributed by atoms with Crippen LogP contribution in [0.5, 0.6) is 0 Å². The fourth-order valence-corrected chi connectivity index (χ4v) is 6.62. The second kappa shape index (κ2) is 34.1. The fourth-order valence-electron chi connectivity index (χ4n) is 6.62. The van der Waals surface area contributed by atoms with E-state index in [2.05, 4.69) is 38.2 Å². The molecule has 0 aromatic carbocycles. The maximum atomic E-state index is 13.0. The van der Waals surface area contributed by atoms with E-state index in [1.54, 1.807) is 6.20 Å². The summed E-state index contributed by atoms with van der Waals surface area (Å²) in [5, 5.41) is 29.7. The number of hydrogen-bond donors (Lipinski definition) is 8. The van der Waals surface area contributed by atoms with Crippen molar-refractivity contribution in [1.29, 1.82) is 0 Å². The van der Waals surface area contributed by atoms with Crippen LogP contribution in [0.3, 0.4) is 0 Å². The van der Waals surface area contributed by atoms with Gasteiger partial charge in [-0.1, -0.05) is 90.4 Å². The molecule has 0 unspecified atom stereocenters. The van der Waals surface area contributed by atoms with Crippen LogP contribution in [0.15, 0.2) is 12.5 Å². The summed E-state index contributed by atoms with van der Waals surface area (Å²) < 4.78 is 10.7. The van der Waals surface area contributed by atoms with Crippen LogP contribution in [0.1, 0.15) is 155 Å². The fraction of sp³-hybridized carbons (Fsp3) is 0.773. The van der Waals surface area contributed by atoms with E-state index in [4.69, 9.17) is 15.2 Å². The molecule has 1 aromatic rings. The van der Waals surface area contributed by atoms with E-state index in [-0.39, 0.29) is 95.8 Å². The summed E-state index contributed by atoms with van der Waals surface area (Å²) >= 11 is 0. The van der Waals surface area contributed by atoms with Crippen molar-refractivity contribution < 1.29 is 53.2 Å². The Labute approximate surface area is 367 Å². The second-order valence-electron chi connectivity index (χ2n) is 16.5. The van der Waals surface area contributed by atoms with Crippen LogP contribution in [-0.4, -0.2) is 119 Å². The molecular weight excluding hydrogens is 803 g/mol. The van der Waals surface area contributed by atoms with Gasteiger partial charge in [-0.3, -0.25) is 28.8 Å². The number of carbonyl (C=O) groups is 7. The number of nitrogens with zero attached hydrogens (tertiary/aromatic N) is 1. The van der Waals surface area contributed by atoms with E-state index in [0.717, 1.165) is 19.3 Å². The largest absolute Gasteiger partial charge is 0.481 e. The van der Waals surface area contributed by atoms with Gasteiger partial charge >= 0.3 is 11.9 Å². The van der Waals surface area contributed by atoms with Crippen LogP contribution >= 0.6 is 0 Å². The Balaban J connectivity index is 2.09. The average Bonchev–Trinajstić information content (AvgIpc) is 3.74. The van der Waals surface area contributed by atoms with E-state index in [9.17, 15) is 43.8 Å². The number of nitrogens with two attached hydrogens (primary N) is 1. The molecule has 18 nitrogen and oxygen atoms in total. The molecule has 3 atom stereocenters. The molecule has 0 bridgehead atoms. The van der Waals surface area contributed by atoms with Crippen molar-refractivity contribution in [3.63, 3.8) is 0 Å². The SMILES string of the molecule is CCCCCCCCCCCCCCCC(=O)N[C@@H](CCC(=O)NCCOCCOCC(=O)NCCCC[C@H](CC(=O)C(C)(C)NC(=O)[C@@H](N)Cc1cnc[nH]1)C(=O)O)C(=O)O. The zero-order chi connectivity index (χ0) is 46.0. The zero-order valence-electron chi connectivity index (χ0n) is 37.6. The Morgan fingerprint density at radius 1 is 0.726 bits per heavy atom. The molecule has 1 rings (SSSR count). The Morgan fingerprint density at radius 3 is 1.94 bits per heavy atom. The molecule has 0 fully saturated rings. The van der Waals surface area contributed by atoms with Crippen molar-refractivity contribution in [2.24, 2.45) is 11.7 Å². The molecule has 0 aliphatic rings. The Hall–Kier alpha value is -4.42. The van der Waals surface area contributed by atoms with Gasteiger partial charge in [0.15, 0.2) is 5.78 Å². The first-order chi connectivity index (χ1) is 29.7. The molecule has 0 saturated carbocycles. The summed E-state index contributed by atoms with van der Waals surface area (Å²) in [5.74, 6) is -5.30. The van der Waals surface area contributed by atoms with Gasteiger partial charge in [0.2, 0.25) is 23.6 Å². The van der Waals surface area contributed by atoms with Gasteiger partial charge in [-0.25, -0.2) is 9.78 Å². The molecule has 0 aliphatic carbocycles. The van der Waals surface area contributed by atoms with E-state index in [0.29, 0.717) is 25.0 Å². The highest BCUT2D eigenvalue weighted by molar-refractivity contribution is 5.95. The number of aromatic nitrogens is 2. The highest BCUT2D eigenvalue weighted by atomic mass is 16.5. The molecule has 354 valence electrons. The highest BCUT2D eigenvalue weighted by Crippen LogP contribution is 2.19.